The SMILES string of the molecule is COCC(O)(CCCC1CCCO1)c1ccccc1. The van der Waals surface area contributed by atoms with E-state index in [4.69, 9.17) is 9.47 Å². The molecule has 1 aromatic carbocycles. The molecule has 0 bridgehead atoms. The number of hydrogen-bond donors (Lipinski definition) is 1. The fraction of sp³-hybridized carbons (Fsp3) is 0.625. The van der Waals surface area contributed by atoms with E-state index >= 15 is 0 Å². The van der Waals surface area contributed by atoms with Crippen LogP contribution < -0.4 is 0 Å². The van der Waals surface area contributed by atoms with Gasteiger partial charge in [0.2, 0.25) is 0 Å². The smallest absolute Gasteiger partial charge is 0.113 e. The molecule has 0 radical (unpaired) electrons. The molecule has 0 aromatic heterocycles. The van der Waals surface area contributed by atoms with Gasteiger partial charge in [-0.1, -0.05) is 30.3 Å². The van der Waals surface area contributed by atoms with Crippen LogP contribution in [0.2, 0.25) is 0 Å². The maximum Gasteiger partial charge on any atom is 0.113 e. The van der Waals surface area contributed by atoms with Gasteiger partial charge in [-0.2, -0.15) is 0 Å². The summed E-state index contributed by atoms with van der Waals surface area (Å²) in [4.78, 5) is 0. The molecule has 1 N–H and O–H groups in total. The summed E-state index contributed by atoms with van der Waals surface area (Å²) < 4.78 is 10.8. The van der Waals surface area contributed by atoms with Gasteiger partial charge in [-0.15, -0.1) is 0 Å². The van der Waals surface area contributed by atoms with Gasteiger partial charge in [0.1, 0.15) is 5.60 Å². The summed E-state index contributed by atoms with van der Waals surface area (Å²) in [5.41, 5.74) is 0.0541. The Morgan fingerprint density at radius 2 is 2.16 bits per heavy atom. The molecule has 1 aliphatic rings. The molecule has 1 aliphatic heterocycles. The fourth-order valence-electron chi connectivity index (χ4n) is 2.78. The first-order valence-corrected chi connectivity index (χ1v) is 7.13. The molecule has 1 aromatic rings. The van der Waals surface area contributed by atoms with Crippen LogP contribution in [0.15, 0.2) is 30.3 Å². The third-order valence-corrected chi connectivity index (χ3v) is 3.83. The zero-order valence-electron chi connectivity index (χ0n) is 11.7. The largest absolute Gasteiger partial charge is 0.383 e. The van der Waals surface area contributed by atoms with Gasteiger partial charge in [0.25, 0.3) is 0 Å². The second-order valence-corrected chi connectivity index (χ2v) is 5.36. The van der Waals surface area contributed by atoms with Gasteiger partial charge in [-0.3, -0.25) is 0 Å². The number of aliphatic hydroxyl groups is 1. The zero-order valence-corrected chi connectivity index (χ0v) is 11.7. The van der Waals surface area contributed by atoms with Gasteiger partial charge < -0.3 is 14.6 Å². The topological polar surface area (TPSA) is 38.7 Å². The molecule has 106 valence electrons. The highest BCUT2D eigenvalue weighted by atomic mass is 16.5. The maximum absolute atomic E-state index is 10.8. The van der Waals surface area contributed by atoms with Crippen LogP contribution in [0.25, 0.3) is 0 Å². The number of rotatable bonds is 7. The predicted molar refractivity (Wildman–Crippen MR) is 75.0 cm³/mol. The minimum atomic E-state index is -0.880. The molecule has 0 saturated carbocycles. The average molecular weight is 264 g/mol. The Labute approximate surface area is 115 Å². The van der Waals surface area contributed by atoms with E-state index in [1.54, 1.807) is 7.11 Å². The van der Waals surface area contributed by atoms with Crippen LogP contribution in [0.1, 0.15) is 37.7 Å². The molecule has 2 rings (SSSR count). The van der Waals surface area contributed by atoms with Gasteiger partial charge in [0.15, 0.2) is 0 Å². The van der Waals surface area contributed by atoms with Crippen molar-refractivity contribution in [1.29, 1.82) is 0 Å². The van der Waals surface area contributed by atoms with E-state index < -0.39 is 5.60 Å². The molecule has 3 heteroatoms. The zero-order chi connectivity index (χ0) is 13.6. The normalized spacial score (nSPS) is 22.3. The number of ether oxygens (including phenoxy) is 2. The Morgan fingerprint density at radius 1 is 1.37 bits per heavy atom. The van der Waals surface area contributed by atoms with E-state index in [1.807, 2.05) is 30.3 Å². The molecular formula is C16H24O3. The van der Waals surface area contributed by atoms with Gasteiger partial charge >= 0.3 is 0 Å². The molecule has 19 heavy (non-hydrogen) atoms. The Balaban J connectivity index is 1.91. The second-order valence-electron chi connectivity index (χ2n) is 5.36. The number of methoxy groups -OCH3 is 1. The highest BCUT2D eigenvalue weighted by Gasteiger charge is 2.29. The maximum atomic E-state index is 10.8. The van der Waals surface area contributed by atoms with Crippen molar-refractivity contribution in [3.8, 4) is 0 Å². The van der Waals surface area contributed by atoms with Gasteiger partial charge in [0, 0.05) is 13.7 Å². The van der Waals surface area contributed by atoms with Crippen molar-refractivity contribution < 1.29 is 14.6 Å². The van der Waals surface area contributed by atoms with Crippen LogP contribution in [-0.2, 0) is 15.1 Å². The molecule has 1 heterocycles. The van der Waals surface area contributed by atoms with Crippen molar-refractivity contribution in [3.05, 3.63) is 35.9 Å². The van der Waals surface area contributed by atoms with Crippen molar-refractivity contribution in [2.24, 2.45) is 0 Å². The lowest BCUT2D eigenvalue weighted by Gasteiger charge is -2.28. The summed E-state index contributed by atoms with van der Waals surface area (Å²) in [6.07, 6.45) is 5.42. The Kier molecular flexibility index (Phi) is 5.37. The van der Waals surface area contributed by atoms with Crippen molar-refractivity contribution in [1.82, 2.24) is 0 Å². The summed E-state index contributed by atoms with van der Waals surface area (Å²) in [6, 6.07) is 9.80. The molecule has 0 aliphatic carbocycles. The van der Waals surface area contributed by atoms with Crippen molar-refractivity contribution in [3.63, 3.8) is 0 Å². The Morgan fingerprint density at radius 3 is 2.79 bits per heavy atom. The van der Waals surface area contributed by atoms with E-state index in [2.05, 4.69) is 0 Å². The van der Waals surface area contributed by atoms with Crippen LogP contribution in [0, 0.1) is 0 Å². The van der Waals surface area contributed by atoms with Crippen molar-refractivity contribution >= 4 is 0 Å². The highest BCUT2D eigenvalue weighted by molar-refractivity contribution is 5.22. The molecule has 0 amide bonds. The highest BCUT2D eigenvalue weighted by Crippen LogP contribution is 2.29. The van der Waals surface area contributed by atoms with Crippen LogP contribution in [0.5, 0.6) is 0 Å². The molecule has 0 spiro atoms. The minimum absolute atomic E-state index is 0.336. The van der Waals surface area contributed by atoms with E-state index in [1.165, 1.54) is 6.42 Å². The lowest BCUT2D eigenvalue weighted by molar-refractivity contribution is -0.0456. The third-order valence-electron chi connectivity index (χ3n) is 3.83. The first-order chi connectivity index (χ1) is 9.24. The third kappa shape index (κ3) is 4.03. The van der Waals surface area contributed by atoms with Gasteiger partial charge in [0.05, 0.1) is 12.7 Å². The van der Waals surface area contributed by atoms with Crippen LogP contribution in [0.3, 0.4) is 0 Å². The van der Waals surface area contributed by atoms with Gasteiger partial charge in [-0.25, -0.2) is 0 Å². The summed E-state index contributed by atoms with van der Waals surface area (Å²) in [5.74, 6) is 0. The summed E-state index contributed by atoms with van der Waals surface area (Å²) in [6.45, 7) is 1.23. The van der Waals surface area contributed by atoms with E-state index in [0.717, 1.165) is 31.4 Å². The molecule has 3 nitrogen and oxygen atoms in total. The van der Waals surface area contributed by atoms with Crippen LogP contribution >= 0.6 is 0 Å². The number of benzene rings is 1. The predicted octanol–water partition coefficient (Wildman–Crippen LogP) is 2.87. The Bertz CT molecular complexity index is 360. The molecule has 1 saturated heterocycles. The van der Waals surface area contributed by atoms with Crippen molar-refractivity contribution in [2.75, 3.05) is 20.3 Å². The monoisotopic (exact) mass is 264 g/mol. The van der Waals surface area contributed by atoms with E-state index in [9.17, 15) is 5.11 Å². The minimum Gasteiger partial charge on any atom is -0.383 e. The summed E-state index contributed by atoms with van der Waals surface area (Å²) in [7, 11) is 1.63. The quantitative estimate of drug-likeness (QED) is 0.823. The second kappa shape index (κ2) is 7.04. The van der Waals surface area contributed by atoms with Crippen LogP contribution in [-0.4, -0.2) is 31.5 Å². The lowest BCUT2D eigenvalue weighted by atomic mass is 9.88. The lowest BCUT2D eigenvalue weighted by Crippen LogP contribution is -2.31. The number of hydrogen-bond acceptors (Lipinski definition) is 3. The van der Waals surface area contributed by atoms with Gasteiger partial charge in [-0.05, 0) is 37.7 Å². The van der Waals surface area contributed by atoms with E-state index in [0.29, 0.717) is 19.1 Å². The van der Waals surface area contributed by atoms with Crippen molar-refractivity contribution in [2.45, 2.75) is 43.8 Å². The first-order valence-electron chi connectivity index (χ1n) is 7.13. The first kappa shape index (κ1) is 14.5. The summed E-state index contributed by atoms with van der Waals surface area (Å²) in [5, 5.41) is 10.8. The standard InChI is InChI=1S/C16H24O3/c1-18-13-16(17,14-7-3-2-4-8-14)11-5-9-15-10-6-12-19-15/h2-4,7-8,15,17H,5-6,9-13H2,1H3. The molecule has 2 unspecified atom stereocenters. The molecule has 1 fully saturated rings. The van der Waals surface area contributed by atoms with E-state index in [-0.39, 0.29) is 0 Å². The van der Waals surface area contributed by atoms with Crippen LogP contribution in [0.4, 0.5) is 0 Å². The molecular weight excluding hydrogens is 240 g/mol. The fourth-order valence-corrected chi connectivity index (χ4v) is 2.78. The average Bonchev–Trinajstić information content (AvgIpc) is 2.93. The molecule has 2 atom stereocenters. The summed E-state index contributed by atoms with van der Waals surface area (Å²) >= 11 is 0. The Hall–Kier alpha value is -0.900.